The van der Waals surface area contributed by atoms with Gasteiger partial charge in [-0.2, -0.15) is 0 Å². The highest BCUT2D eigenvalue weighted by molar-refractivity contribution is 5.77. The molecule has 5 heteroatoms. The molecule has 3 nitrogen and oxygen atoms in total. The lowest BCUT2D eigenvalue weighted by Crippen LogP contribution is -1.98. The van der Waals surface area contributed by atoms with Crippen LogP contribution in [0.15, 0.2) is 24.4 Å². The van der Waals surface area contributed by atoms with E-state index in [9.17, 15) is 13.6 Å². The number of hydrogen-bond acceptors (Lipinski definition) is 2. The van der Waals surface area contributed by atoms with E-state index in [1.165, 1.54) is 25.3 Å². The van der Waals surface area contributed by atoms with Crippen molar-refractivity contribution in [3.63, 3.8) is 0 Å². The molecule has 0 aliphatic carbocycles. The number of aromatic nitrogens is 2. The topological polar surface area (TPSA) is 45.8 Å². The number of imidazole rings is 1. The Balaban J connectivity index is 2.33. The summed E-state index contributed by atoms with van der Waals surface area (Å²) in [5, 5.41) is 0. The summed E-state index contributed by atoms with van der Waals surface area (Å²) in [6.07, 6.45) is 1.59. The monoisotopic (exact) mass is 236 g/mol. The fraction of sp³-hybridized carbons (Fsp3) is 0.167. The van der Waals surface area contributed by atoms with Crippen LogP contribution >= 0.6 is 0 Å². The zero-order valence-corrected chi connectivity index (χ0v) is 9.13. The first-order valence-corrected chi connectivity index (χ1v) is 5.05. The number of nitrogens with one attached hydrogen (secondary N) is 1. The first-order valence-electron chi connectivity index (χ1n) is 5.05. The van der Waals surface area contributed by atoms with Crippen LogP contribution in [0.1, 0.15) is 12.7 Å². The van der Waals surface area contributed by atoms with Crippen molar-refractivity contribution in [1.29, 1.82) is 0 Å². The lowest BCUT2D eigenvalue weighted by atomic mass is 10.1. The molecule has 17 heavy (non-hydrogen) atoms. The molecule has 2 aromatic rings. The third kappa shape index (κ3) is 2.55. The minimum atomic E-state index is -0.664. The normalized spacial score (nSPS) is 10.5. The number of aromatic amines is 1. The summed E-state index contributed by atoms with van der Waals surface area (Å²) in [4.78, 5) is 17.7. The number of hydrogen-bond donors (Lipinski definition) is 1. The van der Waals surface area contributed by atoms with Crippen molar-refractivity contribution in [1.82, 2.24) is 9.97 Å². The Morgan fingerprint density at radius 3 is 2.82 bits per heavy atom. The van der Waals surface area contributed by atoms with Gasteiger partial charge in [0.25, 0.3) is 0 Å². The predicted molar refractivity (Wildman–Crippen MR) is 58.3 cm³/mol. The average molecular weight is 236 g/mol. The fourth-order valence-corrected chi connectivity index (χ4v) is 1.53. The molecule has 0 atom stereocenters. The molecule has 0 radical (unpaired) electrons. The molecule has 0 unspecified atom stereocenters. The number of carbonyl (C=O) groups is 1. The standard InChI is InChI=1S/C12H10F2N2O/c1-7(17)4-12-15-6-11(16-12)9-3-2-8(13)5-10(9)14/h2-3,5-6H,4H2,1H3,(H,15,16). The van der Waals surface area contributed by atoms with E-state index in [0.717, 1.165) is 6.07 Å². The predicted octanol–water partition coefficient (Wildman–Crippen LogP) is 2.49. The third-order valence-electron chi connectivity index (χ3n) is 2.27. The highest BCUT2D eigenvalue weighted by Crippen LogP contribution is 2.21. The number of nitrogens with zero attached hydrogens (tertiary/aromatic N) is 1. The summed E-state index contributed by atoms with van der Waals surface area (Å²) in [5.41, 5.74) is 0.660. The van der Waals surface area contributed by atoms with E-state index in [1.54, 1.807) is 0 Å². The van der Waals surface area contributed by atoms with Gasteiger partial charge in [-0.15, -0.1) is 0 Å². The average Bonchev–Trinajstić information content (AvgIpc) is 2.65. The van der Waals surface area contributed by atoms with Gasteiger partial charge >= 0.3 is 0 Å². The quantitative estimate of drug-likeness (QED) is 0.889. The van der Waals surface area contributed by atoms with E-state index >= 15 is 0 Å². The highest BCUT2D eigenvalue weighted by atomic mass is 19.1. The van der Waals surface area contributed by atoms with Crippen LogP contribution in [0.2, 0.25) is 0 Å². The van der Waals surface area contributed by atoms with Crippen molar-refractivity contribution in [2.75, 3.05) is 0 Å². The molecule has 0 aliphatic rings. The maximum atomic E-state index is 13.5. The van der Waals surface area contributed by atoms with Crippen molar-refractivity contribution >= 4 is 5.78 Å². The van der Waals surface area contributed by atoms with Gasteiger partial charge in [-0.1, -0.05) is 0 Å². The number of rotatable bonds is 3. The third-order valence-corrected chi connectivity index (χ3v) is 2.27. The molecule has 1 heterocycles. The second-order valence-corrected chi connectivity index (χ2v) is 3.75. The van der Waals surface area contributed by atoms with Crippen LogP contribution in [0.5, 0.6) is 0 Å². The zero-order valence-electron chi connectivity index (χ0n) is 9.13. The number of halogens is 2. The fourth-order valence-electron chi connectivity index (χ4n) is 1.53. The number of Topliss-reactive ketones (excluding diaryl/α,β-unsaturated/α-hetero) is 1. The summed E-state index contributed by atoms with van der Waals surface area (Å²) < 4.78 is 26.2. The van der Waals surface area contributed by atoms with Crippen molar-refractivity contribution < 1.29 is 13.6 Å². The Morgan fingerprint density at radius 1 is 1.41 bits per heavy atom. The van der Waals surface area contributed by atoms with E-state index in [2.05, 4.69) is 9.97 Å². The second-order valence-electron chi connectivity index (χ2n) is 3.75. The summed E-state index contributed by atoms with van der Waals surface area (Å²) >= 11 is 0. The molecule has 0 aliphatic heterocycles. The van der Waals surface area contributed by atoms with E-state index < -0.39 is 11.6 Å². The molecule has 0 saturated carbocycles. The molecular weight excluding hydrogens is 226 g/mol. The van der Waals surface area contributed by atoms with E-state index in [0.29, 0.717) is 11.5 Å². The maximum absolute atomic E-state index is 13.5. The minimum Gasteiger partial charge on any atom is -0.342 e. The number of ketones is 1. The summed E-state index contributed by atoms with van der Waals surface area (Å²) in [6.45, 7) is 1.45. The van der Waals surface area contributed by atoms with Gasteiger partial charge in [0.2, 0.25) is 0 Å². The van der Waals surface area contributed by atoms with E-state index in [4.69, 9.17) is 0 Å². The van der Waals surface area contributed by atoms with Crippen molar-refractivity contribution in [3.8, 4) is 11.3 Å². The molecule has 0 amide bonds. The zero-order chi connectivity index (χ0) is 12.4. The lowest BCUT2D eigenvalue weighted by molar-refractivity contribution is -0.116. The molecule has 2 rings (SSSR count). The number of benzene rings is 1. The first-order chi connectivity index (χ1) is 8.06. The van der Waals surface area contributed by atoms with Gasteiger partial charge in [0, 0.05) is 11.6 Å². The number of carbonyl (C=O) groups excluding carboxylic acids is 1. The minimum absolute atomic E-state index is 0.0366. The van der Waals surface area contributed by atoms with Gasteiger partial charge < -0.3 is 4.98 Å². The lowest BCUT2D eigenvalue weighted by Gasteiger charge is -1.99. The number of H-pyrrole nitrogens is 1. The van der Waals surface area contributed by atoms with Gasteiger partial charge in [0.1, 0.15) is 23.2 Å². The van der Waals surface area contributed by atoms with Crippen LogP contribution in [-0.4, -0.2) is 15.8 Å². The Kier molecular flexibility index (Phi) is 2.99. The molecule has 1 aromatic heterocycles. The molecule has 1 N–H and O–H groups in total. The second kappa shape index (κ2) is 4.45. The Hall–Kier alpha value is -2.04. The summed E-state index contributed by atoms with van der Waals surface area (Å²) in [5.74, 6) is -0.862. The van der Waals surface area contributed by atoms with Gasteiger partial charge in [-0.25, -0.2) is 13.8 Å². The van der Waals surface area contributed by atoms with Gasteiger partial charge in [0.15, 0.2) is 0 Å². The van der Waals surface area contributed by atoms with Crippen LogP contribution in [0.3, 0.4) is 0 Å². The van der Waals surface area contributed by atoms with Crippen LogP contribution < -0.4 is 0 Å². The summed E-state index contributed by atoms with van der Waals surface area (Å²) in [7, 11) is 0. The molecule has 0 bridgehead atoms. The highest BCUT2D eigenvalue weighted by Gasteiger charge is 2.10. The Morgan fingerprint density at radius 2 is 2.18 bits per heavy atom. The van der Waals surface area contributed by atoms with Crippen molar-refractivity contribution in [2.45, 2.75) is 13.3 Å². The summed E-state index contributed by atoms with van der Waals surface area (Å²) in [6, 6.07) is 3.31. The van der Waals surface area contributed by atoms with Crippen LogP contribution in [-0.2, 0) is 11.2 Å². The van der Waals surface area contributed by atoms with Crippen LogP contribution in [0.4, 0.5) is 8.78 Å². The molecule has 0 saturated heterocycles. The SMILES string of the molecule is CC(=O)Cc1ncc(-c2ccc(F)cc2F)[nH]1. The van der Waals surface area contributed by atoms with E-state index in [-0.39, 0.29) is 17.8 Å². The molecule has 88 valence electrons. The smallest absolute Gasteiger partial charge is 0.137 e. The van der Waals surface area contributed by atoms with Gasteiger partial charge in [0.05, 0.1) is 18.3 Å². The molecular formula is C12H10F2N2O. The largest absolute Gasteiger partial charge is 0.342 e. The molecule has 0 fully saturated rings. The molecule has 0 spiro atoms. The Bertz CT molecular complexity index is 563. The van der Waals surface area contributed by atoms with Gasteiger partial charge in [-0.05, 0) is 19.1 Å². The van der Waals surface area contributed by atoms with Gasteiger partial charge in [-0.3, -0.25) is 4.79 Å². The van der Waals surface area contributed by atoms with E-state index in [1.807, 2.05) is 0 Å². The molecule has 1 aromatic carbocycles. The van der Waals surface area contributed by atoms with Crippen LogP contribution in [0, 0.1) is 11.6 Å². The van der Waals surface area contributed by atoms with Crippen molar-refractivity contribution in [2.24, 2.45) is 0 Å². The van der Waals surface area contributed by atoms with Crippen molar-refractivity contribution in [3.05, 3.63) is 41.9 Å². The maximum Gasteiger partial charge on any atom is 0.137 e. The van der Waals surface area contributed by atoms with Crippen LogP contribution in [0.25, 0.3) is 11.3 Å². The first kappa shape index (κ1) is 11.4. The Labute approximate surface area is 96.5 Å².